The summed E-state index contributed by atoms with van der Waals surface area (Å²) >= 11 is 0. The minimum absolute atomic E-state index is 0.0716. The molecule has 34 heavy (non-hydrogen) atoms. The minimum atomic E-state index is -3.73. The number of ether oxygens (including phenoxy) is 1. The number of amidine groups is 1. The van der Waals surface area contributed by atoms with Gasteiger partial charge >= 0.3 is 0 Å². The maximum atomic E-state index is 15.0. The third kappa shape index (κ3) is 3.42. The van der Waals surface area contributed by atoms with Gasteiger partial charge in [0.2, 0.25) is 5.88 Å². The van der Waals surface area contributed by atoms with E-state index in [1.165, 1.54) is 25.7 Å². The van der Waals surface area contributed by atoms with Crippen molar-refractivity contribution in [2.75, 3.05) is 18.2 Å². The molecule has 0 unspecified atom stereocenters. The van der Waals surface area contributed by atoms with Gasteiger partial charge in [0, 0.05) is 5.56 Å². The van der Waals surface area contributed by atoms with Gasteiger partial charge in [-0.25, -0.2) is 32.7 Å². The van der Waals surface area contributed by atoms with Gasteiger partial charge in [0.1, 0.15) is 28.5 Å². The molecule has 3 N–H and O–H groups in total. The van der Waals surface area contributed by atoms with E-state index in [1.807, 2.05) is 0 Å². The zero-order valence-electron chi connectivity index (χ0n) is 18.8. The quantitative estimate of drug-likeness (QED) is 0.488. The summed E-state index contributed by atoms with van der Waals surface area (Å²) in [5, 5.41) is 14.5. The third-order valence-corrected chi connectivity index (χ3v) is 9.39. The number of hydrogen-bond acceptors (Lipinski definition) is 10. The van der Waals surface area contributed by atoms with Crippen molar-refractivity contribution in [1.29, 1.82) is 5.41 Å². The minimum Gasteiger partial charge on any atom is -0.480 e. The number of sulfone groups is 1. The molecular weight excluding hydrogens is 463 g/mol. The first-order valence-corrected chi connectivity index (χ1v) is 12.3. The van der Waals surface area contributed by atoms with E-state index in [1.54, 1.807) is 13.8 Å². The van der Waals surface area contributed by atoms with E-state index in [4.69, 9.17) is 10.1 Å². The number of hydrogen-bond donors (Lipinski definition) is 3. The van der Waals surface area contributed by atoms with Gasteiger partial charge in [-0.1, -0.05) is 0 Å². The Kier molecular flexibility index (Phi) is 4.93. The number of halogens is 1. The number of anilines is 2. The number of pyridine rings is 1. The molecule has 0 radical (unpaired) electrons. The molecular formula is C21H23FN8O3S. The van der Waals surface area contributed by atoms with Crippen molar-refractivity contribution in [2.45, 2.75) is 37.0 Å². The fourth-order valence-corrected chi connectivity index (χ4v) is 6.82. The Morgan fingerprint density at radius 1 is 1.21 bits per heavy atom. The van der Waals surface area contributed by atoms with E-state index >= 15 is 0 Å². The number of nitrogens with zero attached hydrogens (tertiary/aromatic N) is 5. The summed E-state index contributed by atoms with van der Waals surface area (Å²) < 4.78 is 45.3. The molecule has 1 aliphatic carbocycles. The van der Waals surface area contributed by atoms with Crippen LogP contribution in [0, 0.1) is 17.1 Å². The topological polar surface area (TPSA) is 156 Å². The lowest BCUT2D eigenvalue weighted by Crippen LogP contribution is -2.66. The average molecular weight is 487 g/mol. The number of aromatic nitrogens is 5. The second-order valence-corrected chi connectivity index (χ2v) is 11.3. The van der Waals surface area contributed by atoms with E-state index < -0.39 is 25.9 Å². The molecule has 1 aliphatic heterocycles. The van der Waals surface area contributed by atoms with Gasteiger partial charge in [0.25, 0.3) is 0 Å². The molecule has 0 amide bonds. The lowest BCUT2D eigenvalue weighted by atomic mass is 9.91. The molecule has 2 atom stereocenters. The van der Waals surface area contributed by atoms with Crippen LogP contribution >= 0.6 is 0 Å². The van der Waals surface area contributed by atoms with Crippen LogP contribution < -0.4 is 15.4 Å². The second kappa shape index (κ2) is 7.52. The van der Waals surface area contributed by atoms with Crippen LogP contribution in [-0.2, 0) is 15.4 Å². The van der Waals surface area contributed by atoms with Crippen LogP contribution in [0.1, 0.15) is 32.3 Å². The Morgan fingerprint density at radius 2 is 1.97 bits per heavy atom. The summed E-state index contributed by atoms with van der Waals surface area (Å²) in [5.41, 5.74) is -0.641. The molecule has 2 aliphatic rings. The van der Waals surface area contributed by atoms with Gasteiger partial charge in [0.15, 0.2) is 26.8 Å². The van der Waals surface area contributed by atoms with Crippen LogP contribution in [0.2, 0.25) is 0 Å². The van der Waals surface area contributed by atoms with Crippen molar-refractivity contribution in [3.8, 4) is 5.88 Å². The normalized spacial score (nSPS) is 26.2. The summed E-state index contributed by atoms with van der Waals surface area (Å²) in [6.45, 7) is 3.16. The Labute approximate surface area is 195 Å². The van der Waals surface area contributed by atoms with Crippen molar-refractivity contribution < 1.29 is 17.5 Å². The lowest BCUT2D eigenvalue weighted by Gasteiger charge is -2.45. The molecule has 1 saturated carbocycles. The van der Waals surface area contributed by atoms with Crippen LogP contribution in [0.4, 0.5) is 16.0 Å². The molecule has 13 heteroatoms. The van der Waals surface area contributed by atoms with E-state index in [2.05, 4.69) is 35.6 Å². The Bertz CT molecular complexity index is 1430. The maximum Gasteiger partial charge on any atom is 0.234 e. The third-order valence-electron chi connectivity index (χ3n) is 6.61. The van der Waals surface area contributed by atoms with Gasteiger partial charge < -0.3 is 15.4 Å². The highest BCUT2D eigenvalue weighted by Gasteiger charge is 2.60. The molecule has 3 aromatic heterocycles. The predicted octanol–water partition coefficient (Wildman–Crippen LogP) is 2.09. The predicted molar refractivity (Wildman–Crippen MR) is 122 cm³/mol. The van der Waals surface area contributed by atoms with Gasteiger partial charge in [-0.3, -0.25) is 5.41 Å². The molecule has 4 heterocycles. The van der Waals surface area contributed by atoms with Gasteiger partial charge in [-0.2, -0.15) is 4.98 Å². The highest BCUT2D eigenvalue weighted by atomic mass is 32.2. The second-order valence-electron chi connectivity index (χ2n) is 8.95. The Balaban J connectivity index is 1.51. The monoisotopic (exact) mass is 486 g/mol. The summed E-state index contributed by atoms with van der Waals surface area (Å²) in [4.78, 5) is 20.8. The Hall–Kier alpha value is -3.48. The number of fused-ring (bicyclic) bond motifs is 1. The highest BCUT2D eigenvalue weighted by molar-refractivity contribution is 7.93. The zero-order valence-corrected chi connectivity index (χ0v) is 19.6. The molecule has 1 saturated heterocycles. The fourth-order valence-electron chi connectivity index (χ4n) is 4.42. The highest BCUT2D eigenvalue weighted by Crippen LogP contribution is 2.48. The summed E-state index contributed by atoms with van der Waals surface area (Å²) in [7, 11) is -2.27. The largest absolute Gasteiger partial charge is 0.480 e. The summed E-state index contributed by atoms with van der Waals surface area (Å²) in [6, 6.07) is 1.41. The van der Waals surface area contributed by atoms with Crippen molar-refractivity contribution >= 4 is 38.5 Å². The van der Waals surface area contributed by atoms with E-state index in [9.17, 15) is 12.8 Å². The molecule has 178 valence electrons. The molecule has 0 spiro atoms. The van der Waals surface area contributed by atoms with Gasteiger partial charge in [0.05, 0.1) is 30.8 Å². The number of methoxy groups -OCH3 is 1. The van der Waals surface area contributed by atoms with E-state index in [0.29, 0.717) is 11.2 Å². The number of rotatable bonds is 5. The van der Waals surface area contributed by atoms with E-state index in [0.717, 1.165) is 19.0 Å². The zero-order chi connectivity index (χ0) is 24.3. The molecule has 11 nitrogen and oxygen atoms in total. The first-order chi connectivity index (χ1) is 16.1. The molecule has 3 aromatic rings. The van der Waals surface area contributed by atoms with Crippen LogP contribution in [0.3, 0.4) is 0 Å². The number of nitrogens with one attached hydrogen (secondary N) is 3. The van der Waals surface area contributed by atoms with Crippen LogP contribution in [0.25, 0.3) is 11.2 Å². The van der Waals surface area contributed by atoms with Crippen molar-refractivity contribution in [2.24, 2.45) is 5.92 Å². The van der Waals surface area contributed by atoms with Gasteiger partial charge in [-0.15, -0.1) is 0 Å². The SMILES string of the molecule is COc1cnc2c(Nc3cc([C@]4(C)CS(=O)(=O)[C@@](C)(C5CC5)C(=N)N4)c(F)cn3)ncnc2n1. The molecule has 2 fully saturated rings. The van der Waals surface area contributed by atoms with Crippen molar-refractivity contribution in [1.82, 2.24) is 30.2 Å². The molecule has 0 aromatic carbocycles. The Morgan fingerprint density at radius 3 is 2.65 bits per heavy atom. The average Bonchev–Trinajstić information content (AvgIpc) is 3.64. The maximum absolute atomic E-state index is 15.0. The first kappa shape index (κ1) is 22.3. The van der Waals surface area contributed by atoms with Crippen molar-refractivity contribution in [3.05, 3.63) is 36.2 Å². The van der Waals surface area contributed by atoms with Crippen LogP contribution in [0.5, 0.6) is 5.88 Å². The van der Waals surface area contributed by atoms with E-state index in [-0.39, 0.29) is 40.6 Å². The molecule has 5 rings (SSSR count). The fraction of sp³-hybridized carbons (Fsp3) is 0.429. The standard InChI is InChI=1S/C21H23FN8O3S/c1-20(9-34(31,32)21(2,11-4-5-11)19(23)30-20)12-6-14(24-7-13(12)22)28-17-16-18(27-10-26-17)29-15(33-3)8-25-16/h6-8,10-11H,4-5,9H2,1-3H3,(H2,23,30)(H,24,26,27,28,29)/t20-,21-/m0/s1. The van der Waals surface area contributed by atoms with Crippen LogP contribution in [0.15, 0.2) is 24.8 Å². The summed E-state index contributed by atoms with van der Waals surface area (Å²) in [5.74, 6) is -0.441. The summed E-state index contributed by atoms with van der Waals surface area (Å²) in [6.07, 6.45) is 5.24. The lowest BCUT2D eigenvalue weighted by molar-refractivity contribution is 0.397. The van der Waals surface area contributed by atoms with Crippen molar-refractivity contribution in [3.63, 3.8) is 0 Å². The molecule has 0 bridgehead atoms. The van der Waals surface area contributed by atoms with Gasteiger partial charge in [-0.05, 0) is 38.7 Å². The smallest absolute Gasteiger partial charge is 0.234 e. The van der Waals surface area contributed by atoms with Crippen LogP contribution in [-0.4, -0.2) is 56.8 Å². The first-order valence-electron chi connectivity index (χ1n) is 10.6.